The fourth-order valence-electron chi connectivity index (χ4n) is 3.05. The zero-order valence-corrected chi connectivity index (χ0v) is 14.2. The number of nitrogens with zero attached hydrogens (tertiary/aromatic N) is 2. The Balaban J connectivity index is 1.90. The Labute approximate surface area is 140 Å². The quantitative estimate of drug-likeness (QED) is 0.809. The molecule has 1 aliphatic rings. The number of hydrogen-bond acceptors (Lipinski definition) is 5. The molecule has 0 saturated carbocycles. The van der Waals surface area contributed by atoms with Gasteiger partial charge in [-0.25, -0.2) is 9.78 Å². The SMILES string of the molecule is COC(=O)[C@H]1CCCCN1C(=O)c1ccc2oc(C(C)C)nc2c1. The molecule has 2 heterocycles. The number of carbonyl (C=O) groups excluding carboxylic acids is 2. The van der Waals surface area contributed by atoms with Crippen molar-refractivity contribution in [3.8, 4) is 0 Å². The molecule has 1 aromatic carbocycles. The lowest BCUT2D eigenvalue weighted by Gasteiger charge is -2.33. The standard InChI is InChI=1S/C18H22N2O4/c1-11(2)16-19-13-10-12(7-8-15(13)24-16)17(21)20-9-5-4-6-14(20)18(22)23-3/h7-8,10-11,14H,4-6,9H2,1-3H3/t14-/m1/s1. The molecule has 0 N–H and O–H groups in total. The van der Waals surface area contributed by atoms with E-state index in [-0.39, 0.29) is 17.8 Å². The molecule has 1 saturated heterocycles. The van der Waals surface area contributed by atoms with Crippen LogP contribution in [0.5, 0.6) is 0 Å². The van der Waals surface area contributed by atoms with Gasteiger partial charge in [0.1, 0.15) is 11.6 Å². The Hall–Kier alpha value is -2.37. The van der Waals surface area contributed by atoms with Gasteiger partial charge >= 0.3 is 5.97 Å². The summed E-state index contributed by atoms with van der Waals surface area (Å²) in [5, 5.41) is 0. The van der Waals surface area contributed by atoms with E-state index < -0.39 is 6.04 Å². The van der Waals surface area contributed by atoms with Crippen LogP contribution in [0, 0.1) is 0 Å². The second kappa shape index (κ2) is 6.63. The molecule has 0 spiro atoms. The van der Waals surface area contributed by atoms with Crippen LogP contribution in [-0.2, 0) is 9.53 Å². The maximum absolute atomic E-state index is 12.9. The molecule has 1 aliphatic heterocycles. The number of aromatic nitrogens is 1. The maximum Gasteiger partial charge on any atom is 0.328 e. The van der Waals surface area contributed by atoms with Crippen LogP contribution in [0.15, 0.2) is 22.6 Å². The first-order valence-electron chi connectivity index (χ1n) is 8.30. The first kappa shape index (κ1) is 16.5. The minimum absolute atomic E-state index is 0.166. The maximum atomic E-state index is 12.9. The molecule has 0 radical (unpaired) electrons. The number of ether oxygens (including phenoxy) is 1. The summed E-state index contributed by atoms with van der Waals surface area (Å²) in [4.78, 5) is 30.9. The van der Waals surface area contributed by atoms with Crippen molar-refractivity contribution in [1.82, 2.24) is 9.88 Å². The first-order valence-corrected chi connectivity index (χ1v) is 8.30. The topological polar surface area (TPSA) is 72.6 Å². The third kappa shape index (κ3) is 3.00. The van der Waals surface area contributed by atoms with E-state index in [0.29, 0.717) is 35.5 Å². The lowest BCUT2D eigenvalue weighted by atomic mass is 10.0. The molecule has 128 valence electrons. The Morgan fingerprint density at radius 3 is 2.83 bits per heavy atom. The molecule has 6 heteroatoms. The number of oxazole rings is 1. The highest BCUT2D eigenvalue weighted by molar-refractivity contribution is 5.99. The van der Waals surface area contributed by atoms with E-state index in [4.69, 9.17) is 9.15 Å². The van der Waals surface area contributed by atoms with Crippen molar-refractivity contribution in [3.63, 3.8) is 0 Å². The smallest absolute Gasteiger partial charge is 0.328 e. The highest BCUT2D eigenvalue weighted by Crippen LogP contribution is 2.25. The van der Waals surface area contributed by atoms with Crippen LogP contribution in [0.1, 0.15) is 55.3 Å². The third-order valence-corrected chi connectivity index (χ3v) is 4.38. The molecule has 6 nitrogen and oxygen atoms in total. The second-order valence-electron chi connectivity index (χ2n) is 6.42. The fourth-order valence-corrected chi connectivity index (χ4v) is 3.05. The van der Waals surface area contributed by atoms with E-state index in [1.165, 1.54) is 7.11 Å². The van der Waals surface area contributed by atoms with Crippen molar-refractivity contribution in [2.45, 2.75) is 45.1 Å². The molecular weight excluding hydrogens is 308 g/mol. The van der Waals surface area contributed by atoms with Crippen molar-refractivity contribution in [2.24, 2.45) is 0 Å². The summed E-state index contributed by atoms with van der Waals surface area (Å²) in [6, 6.07) is 4.72. The van der Waals surface area contributed by atoms with E-state index in [1.807, 2.05) is 13.8 Å². The van der Waals surface area contributed by atoms with Gasteiger partial charge in [-0.2, -0.15) is 0 Å². The summed E-state index contributed by atoms with van der Waals surface area (Å²) in [5.41, 5.74) is 1.84. The van der Waals surface area contributed by atoms with Crippen LogP contribution >= 0.6 is 0 Å². The van der Waals surface area contributed by atoms with Crippen LogP contribution in [0.2, 0.25) is 0 Å². The number of amides is 1. The number of esters is 1. The lowest BCUT2D eigenvalue weighted by molar-refractivity contribution is -0.147. The summed E-state index contributed by atoms with van der Waals surface area (Å²) in [6.07, 6.45) is 2.45. The number of rotatable bonds is 3. The molecule has 1 atom stereocenters. The van der Waals surface area contributed by atoms with Gasteiger partial charge in [0.2, 0.25) is 0 Å². The average molecular weight is 330 g/mol. The van der Waals surface area contributed by atoms with E-state index in [1.54, 1.807) is 23.1 Å². The number of hydrogen-bond donors (Lipinski definition) is 0. The normalized spacial score (nSPS) is 18.2. The number of benzene rings is 1. The van der Waals surface area contributed by atoms with Crippen LogP contribution in [0.3, 0.4) is 0 Å². The zero-order chi connectivity index (χ0) is 17.3. The van der Waals surface area contributed by atoms with Gasteiger partial charge in [-0.15, -0.1) is 0 Å². The van der Waals surface area contributed by atoms with Crippen molar-refractivity contribution in [1.29, 1.82) is 0 Å². The molecule has 1 fully saturated rings. The molecular formula is C18H22N2O4. The minimum atomic E-state index is -0.504. The average Bonchev–Trinajstić information content (AvgIpc) is 3.04. The lowest BCUT2D eigenvalue weighted by Crippen LogP contribution is -2.48. The van der Waals surface area contributed by atoms with Gasteiger partial charge < -0.3 is 14.1 Å². The summed E-state index contributed by atoms with van der Waals surface area (Å²) in [6.45, 7) is 4.57. The van der Waals surface area contributed by atoms with Gasteiger partial charge in [-0.3, -0.25) is 4.79 Å². The Morgan fingerprint density at radius 2 is 2.12 bits per heavy atom. The van der Waals surface area contributed by atoms with Crippen LogP contribution in [0.4, 0.5) is 0 Å². The number of piperidine rings is 1. The fraction of sp³-hybridized carbons (Fsp3) is 0.500. The van der Waals surface area contributed by atoms with Crippen molar-refractivity contribution >= 4 is 23.0 Å². The molecule has 0 unspecified atom stereocenters. The Morgan fingerprint density at radius 1 is 1.33 bits per heavy atom. The van der Waals surface area contributed by atoms with Crippen molar-refractivity contribution in [2.75, 3.05) is 13.7 Å². The van der Waals surface area contributed by atoms with Gasteiger partial charge in [-0.05, 0) is 37.5 Å². The summed E-state index contributed by atoms with van der Waals surface area (Å²) in [5.74, 6) is 0.316. The van der Waals surface area contributed by atoms with Gasteiger partial charge in [0.05, 0.1) is 7.11 Å². The van der Waals surface area contributed by atoms with E-state index >= 15 is 0 Å². The van der Waals surface area contributed by atoms with Crippen molar-refractivity contribution < 1.29 is 18.7 Å². The highest BCUT2D eigenvalue weighted by Gasteiger charge is 2.33. The number of likely N-dealkylation sites (tertiary alicyclic amines) is 1. The second-order valence-corrected chi connectivity index (χ2v) is 6.42. The third-order valence-electron chi connectivity index (χ3n) is 4.38. The van der Waals surface area contributed by atoms with Crippen LogP contribution in [-0.4, -0.2) is 41.5 Å². The number of methoxy groups -OCH3 is 1. The molecule has 24 heavy (non-hydrogen) atoms. The molecule has 0 bridgehead atoms. The van der Waals surface area contributed by atoms with E-state index in [2.05, 4.69) is 4.98 Å². The van der Waals surface area contributed by atoms with Gasteiger partial charge in [-0.1, -0.05) is 13.8 Å². The van der Waals surface area contributed by atoms with Crippen molar-refractivity contribution in [3.05, 3.63) is 29.7 Å². The van der Waals surface area contributed by atoms with Gasteiger partial charge in [0.25, 0.3) is 5.91 Å². The molecule has 1 amide bonds. The van der Waals surface area contributed by atoms with Gasteiger partial charge in [0, 0.05) is 18.0 Å². The number of fused-ring (bicyclic) bond motifs is 1. The minimum Gasteiger partial charge on any atom is -0.467 e. The predicted molar refractivity (Wildman–Crippen MR) is 88.8 cm³/mol. The van der Waals surface area contributed by atoms with Crippen LogP contribution < -0.4 is 0 Å². The number of carbonyl (C=O) groups is 2. The first-order chi connectivity index (χ1) is 11.5. The predicted octanol–water partition coefficient (Wildman–Crippen LogP) is 3.12. The zero-order valence-electron chi connectivity index (χ0n) is 14.2. The molecule has 0 aliphatic carbocycles. The monoisotopic (exact) mass is 330 g/mol. The molecule has 1 aromatic heterocycles. The Kier molecular flexibility index (Phi) is 4.55. The summed E-state index contributed by atoms with van der Waals surface area (Å²) >= 11 is 0. The molecule has 3 rings (SSSR count). The summed E-state index contributed by atoms with van der Waals surface area (Å²) in [7, 11) is 1.36. The highest BCUT2D eigenvalue weighted by atomic mass is 16.5. The molecule has 2 aromatic rings. The summed E-state index contributed by atoms with van der Waals surface area (Å²) < 4.78 is 10.5. The Bertz CT molecular complexity index is 765. The largest absolute Gasteiger partial charge is 0.467 e. The van der Waals surface area contributed by atoms with E-state index in [0.717, 1.165) is 12.8 Å². The van der Waals surface area contributed by atoms with Crippen LogP contribution in [0.25, 0.3) is 11.1 Å². The van der Waals surface area contributed by atoms with Gasteiger partial charge in [0.15, 0.2) is 11.5 Å². The van der Waals surface area contributed by atoms with E-state index in [9.17, 15) is 9.59 Å².